The van der Waals surface area contributed by atoms with E-state index in [4.69, 9.17) is 0 Å². The van der Waals surface area contributed by atoms with Crippen LogP contribution < -0.4 is 4.57 Å². The molecule has 0 N–H and O–H groups in total. The second-order valence-corrected chi connectivity index (χ2v) is 9.61. The second-order valence-electron chi connectivity index (χ2n) is 9.61. The lowest BCUT2D eigenvalue weighted by Gasteiger charge is -2.02. The van der Waals surface area contributed by atoms with Crippen molar-refractivity contribution in [1.29, 1.82) is 0 Å². The molecular formula is C28H55N2+. The van der Waals surface area contributed by atoms with Crippen LogP contribution in [-0.2, 0) is 13.1 Å². The molecule has 0 aliphatic carbocycles. The molecule has 0 saturated carbocycles. The third-order valence-electron chi connectivity index (χ3n) is 6.54. The summed E-state index contributed by atoms with van der Waals surface area (Å²) in [6.45, 7) is 6.99. The highest BCUT2D eigenvalue weighted by molar-refractivity contribution is 4.66. The second kappa shape index (κ2) is 21.4. The van der Waals surface area contributed by atoms with Crippen LogP contribution in [0.1, 0.15) is 149 Å². The number of unbranched alkanes of at least 4 members (excludes halogenated alkanes) is 19. The fourth-order valence-electron chi connectivity index (χ4n) is 4.44. The molecule has 0 bridgehead atoms. The Kier molecular flexibility index (Phi) is 19.5. The van der Waals surface area contributed by atoms with E-state index in [9.17, 15) is 0 Å². The molecule has 1 heterocycles. The first kappa shape index (κ1) is 27.2. The Morgan fingerprint density at radius 2 is 0.900 bits per heavy atom. The molecule has 1 aromatic heterocycles. The number of hydrogen-bond acceptors (Lipinski definition) is 0. The van der Waals surface area contributed by atoms with Crippen LogP contribution in [0, 0.1) is 0 Å². The van der Waals surface area contributed by atoms with Gasteiger partial charge < -0.3 is 0 Å². The quantitative estimate of drug-likeness (QED) is 0.124. The van der Waals surface area contributed by atoms with Crippen LogP contribution in [0.25, 0.3) is 0 Å². The van der Waals surface area contributed by atoms with Gasteiger partial charge in [-0.3, -0.25) is 0 Å². The van der Waals surface area contributed by atoms with Crippen LogP contribution in [0.4, 0.5) is 0 Å². The first-order valence-electron chi connectivity index (χ1n) is 13.9. The summed E-state index contributed by atoms with van der Waals surface area (Å²) in [6.07, 6.45) is 36.7. The SMILES string of the molecule is CCCCCCCCCCCCC[n+]1ccn(CCCCCCCCCCCC)c1. The van der Waals surface area contributed by atoms with Gasteiger partial charge in [0.15, 0.2) is 0 Å². The van der Waals surface area contributed by atoms with E-state index in [2.05, 4.69) is 41.7 Å². The van der Waals surface area contributed by atoms with Crippen LogP contribution in [0.15, 0.2) is 18.7 Å². The smallest absolute Gasteiger partial charge is 0.237 e. The Bertz CT molecular complexity index is 451. The Labute approximate surface area is 189 Å². The summed E-state index contributed by atoms with van der Waals surface area (Å²) in [6, 6.07) is 0. The minimum atomic E-state index is 1.20. The van der Waals surface area contributed by atoms with Crippen molar-refractivity contribution in [3.8, 4) is 0 Å². The van der Waals surface area contributed by atoms with Gasteiger partial charge in [-0.25, -0.2) is 9.13 Å². The maximum atomic E-state index is 2.39. The van der Waals surface area contributed by atoms with Crippen molar-refractivity contribution in [2.24, 2.45) is 0 Å². The Morgan fingerprint density at radius 3 is 1.37 bits per heavy atom. The molecule has 1 rings (SSSR count). The van der Waals surface area contributed by atoms with Crippen LogP contribution in [-0.4, -0.2) is 4.57 Å². The van der Waals surface area contributed by atoms with Gasteiger partial charge in [-0.15, -0.1) is 0 Å². The monoisotopic (exact) mass is 419 g/mol. The molecule has 0 aliphatic rings. The average Bonchev–Trinajstić information content (AvgIpc) is 3.21. The summed E-state index contributed by atoms with van der Waals surface area (Å²) in [7, 11) is 0. The zero-order valence-corrected chi connectivity index (χ0v) is 20.9. The zero-order chi connectivity index (χ0) is 21.5. The minimum absolute atomic E-state index is 1.20. The molecule has 30 heavy (non-hydrogen) atoms. The summed E-state index contributed by atoms with van der Waals surface area (Å²) in [5.41, 5.74) is 0. The maximum Gasteiger partial charge on any atom is 0.243 e. The van der Waals surface area contributed by atoms with Crippen LogP contribution in [0.2, 0.25) is 0 Å². The highest BCUT2D eigenvalue weighted by Gasteiger charge is 2.03. The number of aryl methyl sites for hydroxylation is 2. The van der Waals surface area contributed by atoms with Crippen molar-refractivity contribution in [3.63, 3.8) is 0 Å². The molecule has 176 valence electrons. The van der Waals surface area contributed by atoms with Gasteiger partial charge in [-0.05, 0) is 25.7 Å². The molecular weight excluding hydrogens is 364 g/mol. The molecule has 0 fully saturated rings. The van der Waals surface area contributed by atoms with Crippen molar-refractivity contribution in [1.82, 2.24) is 4.57 Å². The van der Waals surface area contributed by atoms with Crippen LogP contribution >= 0.6 is 0 Å². The lowest BCUT2D eigenvalue weighted by atomic mass is 10.1. The molecule has 0 radical (unpaired) electrons. The van der Waals surface area contributed by atoms with E-state index >= 15 is 0 Å². The predicted molar refractivity (Wildman–Crippen MR) is 133 cm³/mol. The topological polar surface area (TPSA) is 8.81 Å². The van der Waals surface area contributed by atoms with E-state index < -0.39 is 0 Å². The largest absolute Gasteiger partial charge is 0.243 e. The van der Waals surface area contributed by atoms with Crippen molar-refractivity contribution >= 4 is 0 Å². The van der Waals surface area contributed by atoms with Gasteiger partial charge in [0.05, 0.1) is 13.1 Å². The molecule has 0 atom stereocenters. The van der Waals surface area contributed by atoms with Gasteiger partial charge in [0.25, 0.3) is 0 Å². The van der Waals surface area contributed by atoms with Crippen LogP contribution in [0.5, 0.6) is 0 Å². The number of aromatic nitrogens is 2. The normalized spacial score (nSPS) is 11.4. The number of hydrogen-bond donors (Lipinski definition) is 0. The van der Waals surface area contributed by atoms with E-state index in [0.717, 1.165) is 0 Å². The summed E-state index contributed by atoms with van der Waals surface area (Å²) in [5.74, 6) is 0. The van der Waals surface area contributed by atoms with Gasteiger partial charge >= 0.3 is 0 Å². The first-order valence-corrected chi connectivity index (χ1v) is 13.9. The highest BCUT2D eigenvalue weighted by Crippen LogP contribution is 2.12. The maximum absolute atomic E-state index is 2.39. The van der Waals surface area contributed by atoms with Gasteiger partial charge in [0.2, 0.25) is 6.33 Å². The zero-order valence-electron chi connectivity index (χ0n) is 20.9. The van der Waals surface area contributed by atoms with Crippen molar-refractivity contribution in [2.45, 2.75) is 162 Å². The van der Waals surface area contributed by atoms with Gasteiger partial charge in [0, 0.05) is 0 Å². The molecule has 1 aromatic rings. The predicted octanol–water partition coefficient (Wildman–Crippen LogP) is 9.01. The molecule has 0 spiro atoms. The fraction of sp³-hybridized carbons (Fsp3) is 0.893. The van der Waals surface area contributed by atoms with Crippen molar-refractivity contribution in [3.05, 3.63) is 18.7 Å². The van der Waals surface area contributed by atoms with E-state index in [1.54, 1.807) is 0 Å². The average molecular weight is 420 g/mol. The van der Waals surface area contributed by atoms with Gasteiger partial charge in [-0.1, -0.05) is 123 Å². The molecule has 2 heteroatoms. The van der Waals surface area contributed by atoms with Gasteiger partial charge in [0.1, 0.15) is 12.4 Å². The molecule has 0 amide bonds. The molecule has 0 saturated heterocycles. The number of rotatable bonds is 23. The Balaban J connectivity index is 1.87. The van der Waals surface area contributed by atoms with Crippen molar-refractivity contribution < 1.29 is 4.57 Å². The van der Waals surface area contributed by atoms with Crippen LogP contribution in [0.3, 0.4) is 0 Å². The fourth-order valence-corrected chi connectivity index (χ4v) is 4.44. The lowest BCUT2D eigenvalue weighted by molar-refractivity contribution is -0.696. The summed E-state index contributed by atoms with van der Waals surface area (Å²) in [4.78, 5) is 0. The third kappa shape index (κ3) is 16.9. The Hall–Kier alpha value is -0.790. The highest BCUT2D eigenvalue weighted by atomic mass is 15.1. The summed E-state index contributed by atoms with van der Waals surface area (Å²) < 4.78 is 4.79. The summed E-state index contributed by atoms with van der Waals surface area (Å²) >= 11 is 0. The standard InChI is InChI=1S/C28H55N2/c1-3-5-7-9-11-13-15-17-19-21-23-25-30-27-26-29(28-30)24-22-20-18-16-14-12-10-8-6-4-2/h26-28H,3-25H2,1-2H3/q+1. The van der Waals surface area contributed by atoms with E-state index in [1.165, 1.54) is 148 Å². The molecule has 0 unspecified atom stereocenters. The third-order valence-corrected chi connectivity index (χ3v) is 6.54. The van der Waals surface area contributed by atoms with E-state index in [-0.39, 0.29) is 0 Å². The number of nitrogens with zero attached hydrogens (tertiary/aromatic N) is 2. The molecule has 0 aromatic carbocycles. The van der Waals surface area contributed by atoms with Gasteiger partial charge in [-0.2, -0.15) is 0 Å². The summed E-state index contributed by atoms with van der Waals surface area (Å²) in [5, 5.41) is 0. The van der Waals surface area contributed by atoms with E-state index in [0.29, 0.717) is 0 Å². The number of imidazole rings is 1. The van der Waals surface area contributed by atoms with Crippen molar-refractivity contribution in [2.75, 3.05) is 0 Å². The molecule has 0 aliphatic heterocycles. The first-order chi connectivity index (χ1) is 14.9. The lowest BCUT2D eigenvalue weighted by Crippen LogP contribution is -2.30. The minimum Gasteiger partial charge on any atom is -0.237 e. The van der Waals surface area contributed by atoms with E-state index in [1.807, 2.05) is 0 Å². The Morgan fingerprint density at radius 1 is 0.500 bits per heavy atom. The molecule has 2 nitrogen and oxygen atoms in total.